The lowest BCUT2D eigenvalue weighted by atomic mass is 9.93. The maximum absolute atomic E-state index is 9.50. The van der Waals surface area contributed by atoms with Crippen LogP contribution in [0.2, 0.25) is 0 Å². The van der Waals surface area contributed by atoms with Gasteiger partial charge in [0, 0.05) is 16.8 Å². The molecule has 2 aromatic rings. The average Bonchev–Trinajstić information content (AvgIpc) is 2.55. The number of pyridine rings is 1. The summed E-state index contributed by atoms with van der Waals surface area (Å²) >= 11 is 0. The Labute approximate surface area is 130 Å². The Bertz CT molecular complexity index is 748. The van der Waals surface area contributed by atoms with Gasteiger partial charge in [-0.3, -0.25) is 0 Å². The number of nitriles is 1. The highest BCUT2D eigenvalue weighted by atomic mass is 16.5. The monoisotopic (exact) mass is 297 g/mol. The normalized spacial score (nSPS) is 10.1. The van der Waals surface area contributed by atoms with E-state index >= 15 is 0 Å². The van der Waals surface area contributed by atoms with E-state index < -0.39 is 0 Å². The van der Waals surface area contributed by atoms with E-state index in [1.807, 2.05) is 32.0 Å². The Balaban J connectivity index is 2.89. The first-order valence-electron chi connectivity index (χ1n) is 6.99. The van der Waals surface area contributed by atoms with E-state index in [4.69, 9.17) is 15.2 Å². The second-order valence-corrected chi connectivity index (χ2v) is 4.83. The van der Waals surface area contributed by atoms with Gasteiger partial charge in [0.05, 0.1) is 14.2 Å². The molecule has 1 heterocycles. The SMILES string of the molecule is CCc1nc(N)c(C#N)c(-c2cccc(OC)c2OC)c1C. The summed E-state index contributed by atoms with van der Waals surface area (Å²) in [5, 5.41) is 9.50. The highest BCUT2D eigenvalue weighted by Gasteiger charge is 2.21. The van der Waals surface area contributed by atoms with Crippen LogP contribution in [-0.2, 0) is 6.42 Å². The first-order chi connectivity index (χ1) is 10.6. The van der Waals surface area contributed by atoms with E-state index in [1.165, 1.54) is 0 Å². The van der Waals surface area contributed by atoms with E-state index in [2.05, 4.69) is 11.1 Å². The van der Waals surface area contributed by atoms with E-state index in [9.17, 15) is 5.26 Å². The number of nitrogen functional groups attached to an aromatic ring is 1. The third kappa shape index (κ3) is 2.44. The molecule has 5 heteroatoms. The molecule has 0 saturated heterocycles. The fourth-order valence-electron chi connectivity index (χ4n) is 2.62. The van der Waals surface area contributed by atoms with Crippen LogP contribution >= 0.6 is 0 Å². The van der Waals surface area contributed by atoms with Crippen molar-refractivity contribution >= 4 is 5.82 Å². The molecule has 1 aromatic carbocycles. The van der Waals surface area contributed by atoms with Crippen molar-refractivity contribution in [1.29, 1.82) is 5.26 Å². The molecule has 0 aliphatic heterocycles. The average molecular weight is 297 g/mol. The molecule has 114 valence electrons. The standard InChI is InChI=1S/C17H19N3O2/c1-5-13-10(2)15(12(9-18)17(19)20-13)11-7-6-8-14(21-3)16(11)22-4/h6-8H,5H2,1-4H3,(H2,19,20). The molecule has 0 bridgehead atoms. The number of para-hydroxylation sites is 1. The molecule has 0 radical (unpaired) electrons. The summed E-state index contributed by atoms with van der Waals surface area (Å²) in [6.45, 7) is 3.95. The maximum Gasteiger partial charge on any atom is 0.168 e. The van der Waals surface area contributed by atoms with Gasteiger partial charge in [0.15, 0.2) is 11.5 Å². The lowest BCUT2D eigenvalue weighted by Gasteiger charge is -2.17. The van der Waals surface area contributed by atoms with Crippen molar-refractivity contribution in [2.24, 2.45) is 0 Å². The molecule has 0 fully saturated rings. The van der Waals surface area contributed by atoms with E-state index in [1.54, 1.807) is 14.2 Å². The summed E-state index contributed by atoms with van der Waals surface area (Å²) in [6, 6.07) is 7.73. The van der Waals surface area contributed by atoms with Gasteiger partial charge in [-0.15, -0.1) is 0 Å². The van der Waals surface area contributed by atoms with Crippen molar-refractivity contribution in [2.45, 2.75) is 20.3 Å². The third-order valence-corrected chi connectivity index (χ3v) is 3.69. The molecule has 0 aliphatic rings. The number of hydrogen-bond donors (Lipinski definition) is 1. The highest BCUT2D eigenvalue weighted by molar-refractivity contribution is 5.84. The Kier molecular flexibility index (Phi) is 4.52. The van der Waals surface area contributed by atoms with Gasteiger partial charge in [0.25, 0.3) is 0 Å². The van der Waals surface area contributed by atoms with Gasteiger partial charge in [-0.25, -0.2) is 4.98 Å². The van der Waals surface area contributed by atoms with Gasteiger partial charge >= 0.3 is 0 Å². The van der Waals surface area contributed by atoms with Crippen molar-refractivity contribution in [3.05, 3.63) is 35.0 Å². The molecule has 0 atom stereocenters. The predicted molar refractivity (Wildman–Crippen MR) is 86.0 cm³/mol. The molecule has 22 heavy (non-hydrogen) atoms. The number of aromatic nitrogens is 1. The van der Waals surface area contributed by atoms with Gasteiger partial charge < -0.3 is 15.2 Å². The fourth-order valence-corrected chi connectivity index (χ4v) is 2.62. The maximum atomic E-state index is 9.50. The van der Waals surface area contributed by atoms with Gasteiger partial charge in [-0.2, -0.15) is 5.26 Å². The van der Waals surface area contributed by atoms with Crippen molar-refractivity contribution in [2.75, 3.05) is 20.0 Å². The molecule has 0 amide bonds. The minimum Gasteiger partial charge on any atom is -0.493 e. The summed E-state index contributed by atoms with van der Waals surface area (Å²) in [4.78, 5) is 4.33. The topological polar surface area (TPSA) is 81.2 Å². The number of benzene rings is 1. The van der Waals surface area contributed by atoms with Crippen LogP contribution in [0.1, 0.15) is 23.7 Å². The number of anilines is 1. The number of hydrogen-bond acceptors (Lipinski definition) is 5. The fraction of sp³-hybridized carbons (Fsp3) is 0.294. The van der Waals surface area contributed by atoms with Gasteiger partial charge in [-0.05, 0) is 25.0 Å². The Morgan fingerprint density at radius 1 is 1.27 bits per heavy atom. The molecule has 0 spiro atoms. The Morgan fingerprint density at radius 3 is 2.55 bits per heavy atom. The molecule has 2 N–H and O–H groups in total. The summed E-state index contributed by atoms with van der Waals surface area (Å²) in [5.74, 6) is 1.43. The first kappa shape index (κ1) is 15.6. The number of aryl methyl sites for hydroxylation is 1. The van der Waals surface area contributed by atoms with E-state index in [-0.39, 0.29) is 5.82 Å². The quantitative estimate of drug-likeness (QED) is 0.937. The van der Waals surface area contributed by atoms with Crippen LogP contribution in [0.4, 0.5) is 5.82 Å². The van der Waals surface area contributed by atoms with Crippen LogP contribution in [0, 0.1) is 18.3 Å². The Morgan fingerprint density at radius 2 is 2.00 bits per heavy atom. The smallest absolute Gasteiger partial charge is 0.168 e. The zero-order valence-corrected chi connectivity index (χ0v) is 13.2. The van der Waals surface area contributed by atoms with Gasteiger partial charge in [0.2, 0.25) is 0 Å². The van der Waals surface area contributed by atoms with E-state index in [0.29, 0.717) is 17.1 Å². The van der Waals surface area contributed by atoms with Crippen molar-refractivity contribution in [3.8, 4) is 28.7 Å². The van der Waals surface area contributed by atoms with Gasteiger partial charge in [-0.1, -0.05) is 19.1 Å². The summed E-state index contributed by atoms with van der Waals surface area (Å²) in [7, 11) is 3.16. The number of nitrogens with two attached hydrogens (primary N) is 1. The third-order valence-electron chi connectivity index (χ3n) is 3.69. The number of nitrogens with zero attached hydrogens (tertiary/aromatic N) is 2. The molecule has 0 unspecified atom stereocenters. The lowest BCUT2D eigenvalue weighted by molar-refractivity contribution is 0.356. The zero-order valence-electron chi connectivity index (χ0n) is 13.2. The summed E-state index contributed by atoms with van der Waals surface area (Å²) in [6.07, 6.45) is 0.737. The minimum absolute atomic E-state index is 0.241. The largest absolute Gasteiger partial charge is 0.493 e. The molecule has 2 rings (SSSR count). The molecule has 5 nitrogen and oxygen atoms in total. The highest BCUT2D eigenvalue weighted by Crippen LogP contribution is 2.42. The first-order valence-corrected chi connectivity index (χ1v) is 6.99. The molecular formula is C17H19N3O2. The van der Waals surface area contributed by atoms with Crippen molar-refractivity contribution < 1.29 is 9.47 Å². The predicted octanol–water partition coefficient (Wildman–Crippen LogP) is 3.09. The number of rotatable bonds is 4. The minimum atomic E-state index is 0.241. The Hall–Kier alpha value is -2.74. The summed E-state index contributed by atoms with van der Waals surface area (Å²) < 4.78 is 10.8. The molecule has 1 aromatic heterocycles. The van der Waals surface area contributed by atoms with Crippen LogP contribution in [0.25, 0.3) is 11.1 Å². The van der Waals surface area contributed by atoms with Gasteiger partial charge in [0.1, 0.15) is 17.5 Å². The number of ether oxygens (including phenoxy) is 2. The van der Waals surface area contributed by atoms with Crippen LogP contribution in [0.15, 0.2) is 18.2 Å². The van der Waals surface area contributed by atoms with Crippen LogP contribution < -0.4 is 15.2 Å². The van der Waals surface area contributed by atoms with E-state index in [0.717, 1.165) is 28.8 Å². The lowest BCUT2D eigenvalue weighted by Crippen LogP contribution is -2.06. The van der Waals surface area contributed by atoms with Crippen LogP contribution in [-0.4, -0.2) is 19.2 Å². The zero-order chi connectivity index (χ0) is 16.3. The second kappa shape index (κ2) is 6.35. The molecule has 0 saturated carbocycles. The molecular weight excluding hydrogens is 278 g/mol. The van der Waals surface area contributed by atoms with Crippen LogP contribution in [0.5, 0.6) is 11.5 Å². The van der Waals surface area contributed by atoms with Crippen LogP contribution in [0.3, 0.4) is 0 Å². The molecule has 0 aliphatic carbocycles. The summed E-state index contributed by atoms with van der Waals surface area (Å²) in [5.41, 5.74) is 9.67. The second-order valence-electron chi connectivity index (χ2n) is 4.83. The number of methoxy groups -OCH3 is 2. The van der Waals surface area contributed by atoms with Crippen molar-refractivity contribution in [1.82, 2.24) is 4.98 Å². The van der Waals surface area contributed by atoms with Crippen molar-refractivity contribution in [3.63, 3.8) is 0 Å².